The van der Waals surface area contributed by atoms with Gasteiger partial charge in [-0.3, -0.25) is 0 Å². The Balaban J connectivity index is 2.23. The second-order valence-electron chi connectivity index (χ2n) is 4.66. The summed E-state index contributed by atoms with van der Waals surface area (Å²) in [5, 5.41) is 2.59. The zero-order valence-electron chi connectivity index (χ0n) is 10.7. The van der Waals surface area contributed by atoms with Crippen LogP contribution in [-0.4, -0.2) is 0 Å². The van der Waals surface area contributed by atoms with Crippen LogP contribution in [-0.2, 0) is 0 Å². The van der Waals surface area contributed by atoms with Gasteiger partial charge in [0.15, 0.2) is 0 Å². The van der Waals surface area contributed by atoms with Gasteiger partial charge in [0.1, 0.15) is 0 Å². The largest absolute Gasteiger partial charge is 0.121 e. The molecule has 0 aliphatic heterocycles. The molecule has 0 fully saturated rings. The highest BCUT2D eigenvalue weighted by Crippen LogP contribution is 2.44. The lowest BCUT2D eigenvalue weighted by Crippen LogP contribution is -1.96. The van der Waals surface area contributed by atoms with Gasteiger partial charge in [0.25, 0.3) is 0 Å². The summed E-state index contributed by atoms with van der Waals surface area (Å²) < 4.78 is 2.31. The van der Waals surface area contributed by atoms with Crippen LogP contribution in [0.15, 0.2) is 50.0 Å². The summed E-state index contributed by atoms with van der Waals surface area (Å²) in [4.78, 5) is 0.186. The van der Waals surface area contributed by atoms with E-state index in [0.29, 0.717) is 0 Å². The van der Waals surface area contributed by atoms with Crippen molar-refractivity contribution in [2.75, 3.05) is 0 Å². The van der Waals surface area contributed by atoms with Gasteiger partial charge in [0, 0.05) is 0 Å². The van der Waals surface area contributed by atoms with Crippen molar-refractivity contribution in [3.63, 3.8) is 0 Å². The van der Waals surface area contributed by atoms with Crippen LogP contribution in [0.1, 0.15) is 21.5 Å². The first-order valence-electron chi connectivity index (χ1n) is 6.15. The fourth-order valence-electron chi connectivity index (χ4n) is 2.42. The smallest absolute Gasteiger partial charge is 0.0757 e. The van der Waals surface area contributed by atoms with Gasteiger partial charge < -0.3 is 0 Å². The van der Waals surface area contributed by atoms with Crippen LogP contribution < -0.4 is 0 Å². The number of halogens is 3. The van der Waals surface area contributed by atoms with Crippen molar-refractivity contribution in [2.24, 2.45) is 0 Å². The Kier molecular flexibility index (Phi) is 4.37. The van der Waals surface area contributed by atoms with Gasteiger partial charge in [-0.1, -0.05) is 52.3 Å². The Bertz CT molecular complexity index is 776. The van der Waals surface area contributed by atoms with Crippen LogP contribution in [0.4, 0.5) is 0 Å². The lowest BCUT2D eigenvalue weighted by Gasteiger charge is -2.16. The number of aryl methyl sites for hydroxylation is 1. The minimum atomic E-state index is 0.186. The standard InChI is InChI=1S/C16H11Br3S/c1-9-6-7-10-4-2-3-5-11(10)14(9)15(18)12-8-13(17)20-16(12)19/h2-8,15H,1H3. The van der Waals surface area contributed by atoms with Crippen LogP contribution in [0.25, 0.3) is 10.8 Å². The van der Waals surface area contributed by atoms with E-state index in [4.69, 9.17) is 0 Å². The van der Waals surface area contributed by atoms with Crippen molar-refractivity contribution in [3.05, 3.63) is 66.7 Å². The lowest BCUT2D eigenvalue weighted by atomic mass is 9.95. The van der Waals surface area contributed by atoms with E-state index in [2.05, 4.69) is 97.2 Å². The molecule has 1 unspecified atom stereocenters. The van der Waals surface area contributed by atoms with E-state index in [0.717, 1.165) is 3.79 Å². The third kappa shape index (κ3) is 2.63. The maximum absolute atomic E-state index is 3.89. The molecular formula is C16H11Br3S. The molecule has 0 saturated heterocycles. The summed E-state index contributed by atoms with van der Waals surface area (Å²) in [6.45, 7) is 2.17. The van der Waals surface area contributed by atoms with Gasteiger partial charge >= 0.3 is 0 Å². The van der Waals surface area contributed by atoms with Crippen molar-refractivity contribution in [2.45, 2.75) is 11.8 Å². The highest BCUT2D eigenvalue weighted by molar-refractivity contribution is 9.12. The molecule has 1 heterocycles. The van der Waals surface area contributed by atoms with E-state index >= 15 is 0 Å². The molecule has 0 amide bonds. The minimum absolute atomic E-state index is 0.186. The van der Waals surface area contributed by atoms with Crippen molar-refractivity contribution < 1.29 is 0 Å². The van der Waals surface area contributed by atoms with Gasteiger partial charge in [0.2, 0.25) is 0 Å². The van der Waals surface area contributed by atoms with Crippen molar-refractivity contribution >= 4 is 69.9 Å². The Morgan fingerprint density at radius 2 is 1.80 bits per heavy atom. The van der Waals surface area contributed by atoms with E-state index < -0.39 is 0 Å². The Hall–Kier alpha value is -0.160. The van der Waals surface area contributed by atoms with Crippen LogP contribution in [0.5, 0.6) is 0 Å². The lowest BCUT2D eigenvalue weighted by molar-refractivity contribution is 1.17. The molecule has 0 saturated carbocycles. The zero-order valence-corrected chi connectivity index (χ0v) is 16.2. The Labute approximate surface area is 147 Å². The summed E-state index contributed by atoms with van der Waals surface area (Å²) in [5.74, 6) is 0. The van der Waals surface area contributed by atoms with Crippen molar-refractivity contribution in [1.29, 1.82) is 0 Å². The highest BCUT2D eigenvalue weighted by Gasteiger charge is 2.20. The fraction of sp³-hybridized carbons (Fsp3) is 0.125. The number of hydrogen-bond donors (Lipinski definition) is 0. The van der Waals surface area contributed by atoms with E-state index in [-0.39, 0.29) is 4.83 Å². The SMILES string of the molecule is Cc1ccc2ccccc2c1C(Br)c1cc(Br)sc1Br. The van der Waals surface area contributed by atoms with E-state index in [1.54, 1.807) is 11.3 Å². The van der Waals surface area contributed by atoms with Crippen LogP contribution >= 0.6 is 59.1 Å². The number of thiophene rings is 1. The molecule has 0 bridgehead atoms. The molecule has 0 aliphatic carbocycles. The fourth-order valence-corrected chi connectivity index (χ4v) is 6.75. The number of rotatable bonds is 2. The van der Waals surface area contributed by atoms with Crippen LogP contribution in [0, 0.1) is 6.92 Å². The van der Waals surface area contributed by atoms with E-state index in [1.807, 2.05) is 0 Å². The Morgan fingerprint density at radius 1 is 1.05 bits per heavy atom. The monoisotopic (exact) mass is 472 g/mol. The average Bonchev–Trinajstić information content (AvgIpc) is 2.77. The quantitative estimate of drug-likeness (QED) is 0.344. The van der Waals surface area contributed by atoms with Gasteiger partial charge in [-0.05, 0) is 72.3 Å². The summed E-state index contributed by atoms with van der Waals surface area (Å²) in [6.07, 6.45) is 0. The zero-order chi connectivity index (χ0) is 14.3. The summed E-state index contributed by atoms with van der Waals surface area (Å²) >= 11 is 12.8. The molecular weight excluding hydrogens is 464 g/mol. The van der Waals surface area contributed by atoms with E-state index in [9.17, 15) is 0 Å². The third-order valence-corrected chi connectivity index (χ3v) is 6.74. The molecule has 0 N–H and O–H groups in total. The molecule has 1 aromatic heterocycles. The molecule has 0 nitrogen and oxygen atoms in total. The highest BCUT2D eigenvalue weighted by atomic mass is 79.9. The number of benzene rings is 2. The van der Waals surface area contributed by atoms with Crippen molar-refractivity contribution in [1.82, 2.24) is 0 Å². The second kappa shape index (κ2) is 5.91. The van der Waals surface area contributed by atoms with Crippen molar-refractivity contribution in [3.8, 4) is 0 Å². The number of fused-ring (bicyclic) bond motifs is 1. The first-order chi connectivity index (χ1) is 9.58. The maximum Gasteiger partial charge on any atom is 0.0757 e. The molecule has 3 rings (SSSR count). The molecule has 3 aromatic rings. The molecule has 2 aromatic carbocycles. The third-order valence-electron chi connectivity index (χ3n) is 3.40. The van der Waals surface area contributed by atoms with Gasteiger partial charge in [0.05, 0.1) is 12.4 Å². The topological polar surface area (TPSA) is 0 Å². The number of hydrogen-bond acceptors (Lipinski definition) is 1. The molecule has 0 spiro atoms. The summed E-state index contributed by atoms with van der Waals surface area (Å²) in [5.41, 5.74) is 3.91. The predicted molar refractivity (Wildman–Crippen MR) is 99.2 cm³/mol. The maximum atomic E-state index is 3.89. The van der Waals surface area contributed by atoms with E-state index in [1.165, 1.54) is 31.2 Å². The van der Waals surface area contributed by atoms with Crippen LogP contribution in [0.3, 0.4) is 0 Å². The molecule has 0 radical (unpaired) electrons. The summed E-state index contributed by atoms with van der Waals surface area (Å²) in [6, 6.07) is 15.1. The molecule has 20 heavy (non-hydrogen) atoms. The molecule has 1 atom stereocenters. The van der Waals surface area contributed by atoms with Crippen LogP contribution in [0.2, 0.25) is 0 Å². The minimum Gasteiger partial charge on any atom is -0.121 e. The normalized spacial score (nSPS) is 12.8. The molecule has 0 aliphatic rings. The first kappa shape index (κ1) is 14.8. The predicted octanol–water partition coefficient (Wildman–Crippen LogP) is 7.22. The van der Waals surface area contributed by atoms with Gasteiger partial charge in [-0.2, -0.15) is 0 Å². The summed E-state index contributed by atoms with van der Waals surface area (Å²) in [7, 11) is 0. The molecule has 4 heteroatoms. The van der Waals surface area contributed by atoms with Gasteiger partial charge in [-0.15, -0.1) is 11.3 Å². The first-order valence-corrected chi connectivity index (χ1v) is 9.47. The molecule has 102 valence electrons. The second-order valence-corrected chi connectivity index (χ2v) is 9.32. The average molecular weight is 475 g/mol. The Morgan fingerprint density at radius 3 is 2.50 bits per heavy atom. The number of alkyl halides is 1. The van der Waals surface area contributed by atoms with Gasteiger partial charge in [-0.25, -0.2) is 0 Å².